The fourth-order valence-corrected chi connectivity index (χ4v) is 5.30. The van der Waals surface area contributed by atoms with E-state index in [4.69, 9.17) is 4.74 Å². The van der Waals surface area contributed by atoms with Gasteiger partial charge in [0.2, 0.25) is 5.91 Å². The molecule has 0 aromatic heterocycles. The average Bonchev–Trinajstić information content (AvgIpc) is 2.77. The van der Waals surface area contributed by atoms with Gasteiger partial charge in [0, 0.05) is 36.2 Å². The number of likely N-dealkylation sites (tertiary alicyclic amines) is 1. The number of piperidine rings is 1. The number of amides is 2. The molecule has 31 heavy (non-hydrogen) atoms. The molecule has 3 unspecified atom stereocenters. The molecule has 3 atom stereocenters. The molecule has 4 rings (SSSR count). The van der Waals surface area contributed by atoms with Crippen molar-refractivity contribution in [2.45, 2.75) is 50.7 Å². The van der Waals surface area contributed by atoms with Gasteiger partial charge in [-0.25, -0.2) is 0 Å². The van der Waals surface area contributed by atoms with Gasteiger partial charge in [-0.05, 0) is 43.5 Å². The van der Waals surface area contributed by atoms with Crippen LogP contribution in [0.1, 0.15) is 61.0 Å². The van der Waals surface area contributed by atoms with Gasteiger partial charge in [-0.15, -0.1) is 0 Å². The summed E-state index contributed by atoms with van der Waals surface area (Å²) in [4.78, 5) is 27.0. The number of nitrogens with one attached hydrogen (secondary N) is 1. The first-order valence-corrected chi connectivity index (χ1v) is 11.0. The van der Waals surface area contributed by atoms with Gasteiger partial charge in [0.15, 0.2) is 0 Å². The maximum Gasteiger partial charge on any atom is 0.254 e. The van der Waals surface area contributed by atoms with Crippen LogP contribution >= 0.6 is 0 Å². The number of hydrogen-bond acceptors (Lipinski definition) is 4. The Morgan fingerprint density at radius 2 is 1.94 bits per heavy atom. The quantitative estimate of drug-likeness (QED) is 0.775. The van der Waals surface area contributed by atoms with E-state index in [9.17, 15) is 14.7 Å². The van der Waals surface area contributed by atoms with E-state index in [2.05, 4.69) is 5.32 Å². The van der Waals surface area contributed by atoms with E-state index in [-0.39, 0.29) is 23.8 Å². The molecule has 1 saturated heterocycles. The second kappa shape index (κ2) is 8.71. The van der Waals surface area contributed by atoms with Crippen LogP contribution in [0.4, 0.5) is 5.69 Å². The molecule has 6 nitrogen and oxygen atoms in total. The SMILES string of the molecule is COc1ccccc1C1C2CCCCC2(O)CCN1C(=O)c1cccc(NC(C)=O)c1. The summed E-state index contributed by atoms with van der Waals surface area (Å²) in [5.41, 5.74) is 1.28. The zero-order valence-corrected chi connectivity index (χ0v) is 18.1. The third-order valence-corrected chi connectivity index (χ3v) is 6.72. The van der Waals surface area contributed by atoms with Crippen LogP contribution in [0, 0.1) is 5.92 Å². The van der Waals surface area contributed by atoms with Crippen molar-refractivity contribution in [2.75, 3.05) is 19.0 Å². The molecule has 2 fully saturated rings. The highest BCUT2D eigenvalue weighted by Gasteiger charge is 2.50. The normalized spacial score (nSPS) is 25.5. The van der Waals surface area contributed by atoms with Crippen LogP contribution in [0.15, 0.2) is 48.5 Å². The van der Waals surface area contributed by atoms with E-state index < -0.39 is 5.60 Å². The highest BCUT2D eigenvalue weighted by Crippen LogP contribution is 2.51. The van der Waals surface area contributed by atoms with Crippen LogP contribution in [0.25, 0.3) is 0 Å². The molecule has 2 aliphatic rings. The summed E-state index contributed by atoms with van der Waals surface area (Å²) in [6.45, 7) is 1.92. The number of para-hydroxylation sites is 1. The van der Waals surface area contributed by atoms with Gasteiger partial charge in [0.05, 0.1) is 18.8 Å². The summed E-state index contributed by atoms with van der Waals surface area (Å²) < 4.78 is 5.64. The Balaban J connectivity index is 1.75. The van der Waals surface area contributed by atoms with Gasteiger partial charge in [-0.3, -0.25) is 9.59 Å². The second-order valence-corrected chi connectivity index (χ2v) is 8.65. The van der Waals surface area contributed by atoms with Gasteiger partial charge in [-0.1, -0.05) is 37.1 Å². The van der Waals surface area contributed by atoms with Crippen molar-refractivity contribution in [1.82, 2.24) is 4.90 Å². The number of fused-ring (bicyclic) bond motifs is 1. The van der Waals surface area contributed by atoms with Crippen molar-refractivity contribution in [1.29, 1.82) is 0 Å². The number of methoxy groups -OCH3 is 1. The fourth-order valence-electron chi connectivity index (χ4n) is 5.30. The zero-order chi connectivity index (χ0) is 22.0. The van der Waals surface area contributed by atoms with Crippen LogP contribution in [0.5, 0.6) is 5.75 Å². The Morgan fingerprint density at radius 1 is 1.13 bits per heavy atom. The number of ether oxygens (including phenoxy) is 1. The maximum absolute atomic E-state index is 13.7. The second-order valence-electron chi connectivity index (χ2n) is 8.65. The van der Waals surface area contributed by atoms with Gasteiger partial charge in [-0.2, -0.15) is 0 Å². The van der Waals surface area contributed by atoms with Crippen LogP contribution in [-0.2, 0) is 4.79 Å². The molecule has 2 aromatic rings. The largest absolute Gasteiger partial charge is 0.496 e. The monoisotopic (exact) mass is 422 g/mol. The Hall–Kier alpha value is -2.86. The van der Waals surface area contributed by atoms with E-state index in [1.165, 1.54) is 6.92 Å². The number of carbonyl (C=O) groups excluding carboxylic acids is 2. The van der Waals surface area contributed by atoms with E-state index in [1.54, 1.807) is 31.4 Å². The van der Waals surface area contributed by atoms with Crippen molar-refractivity contribution in [2.24, 2.45) is 5.92 Å². The summed E-state index contributed by atoms with van der Waals surface area (Å²) in [5, 5.41) is 14.2. The number of hydrogen-bond donors (Lipinski definition) is 2. The number of carbonyl (C=O) groups is 2. The number of anilines is 1. The van der Waals surface area contributed by atoms with Crippen molar-refractivity contribution in [3.63, 3.8) is 0 Å². The topological polar surface area (TPSA) is 78.9 Å². The molecule has 0 spiro atoms. The molecular weight excluding hydrogens is 392 g/mol. The molecule has 6 heteroatoms. The molecule has 0 bridgehead atoms. The Kier molecular flexibility index (Phi) is 6.01. The Morgan fingerprint density at radius 3 is 2.71 bits per heavy atom. The lowest BCUT2D eigenvalue weighted by Gasteiger charge is -2.52. The molecule has 1 aliphatic carbocycles. The molecule has 1 saturated carbocycles. The van der Waals surface area contributed by atoms with Crippen LogP contribution in [-0.4, -0.2) is 41.1 Å². The first kappa shape index (κ1) is 21.4. The molecule has 2 N–H and O–H groups in total. The molecule has 1 heterocycles. The van der Waals surface area contributed by atoms with E-state index in [0.717, 1.165) is 37.0 Å². The third kappa shape index (κ3) is 4.17. The number of nitrogens with zero attached hydrogens (tertiary/aromatic N) is 1. The molecular formula is C25H30N2O4. The minimum atomic E-state index is -0.765. The standard InChI is InChI=1S/C25H30N2O4/c1-17(28)26-19-9-7-8-18(16-19)24(29)27-15-14-25(30)13-6-5-11-21(25)23(27)20-10-3-4-12-22(20)31-2/h3-4,7-10,12,16,21,23,30H,5-6,11,13-15H2,1-2H3,(H,26,28). The molecule has 0 radical (unpaired) electrons. The number of benzene rings is 2. The summed E-state index contributed by atoms with van der Waals surface area (Å²) in [7, 11) is 1.64. The smallest absolute Gasteiger partial charge is 0.254 e. The predicted molar refractivity (Wildman–Crippen MR) is 119 cm³/mol. The number of rotatable bonds is 4. The first-order chi connectivity index (χ1) is 14.9. The lowest BCUT2D eigenvalue weighted by atomic mass is 9.66. The van der Waals surface area contributed by atoms with E-state index in [0.29, 0.717) is 24.2 Å². The average molecular weight is 423 g/mol. The summed E-state index contributed by atoms with van der Waals surface area (Å²) in [6, 6.07) is 14.5. The highest BCUT2D eigenvalue weighted by atomic mass is 16.5. The van der Waals surface area contributed by atoms with Crippen molar-refractivity contribution < 1.29 is 19.4 Å². The van der Waals surface area contributed by atoms with E-state index in [1.807, 2.05) is 29.2 Å². The van der Waals surface area contributed by atoms with Gasteiger partial charge >= 0.3 is 0 Å². The fraction of sp³-hybridized carbons (Fsp3) is 0.440. The minimum Gasteiger partial charge on any atom is -0.496 e. The van der Waals surface area contributed by atoms with Gasteiger partial charge in [0.25, 0.3) is 5.91 Å². The zero-order valence-electron chi connectivity index (χ0n) is 18.1. The van der Waals surface area contributed by atoms with Crippen LogP contribution in [0.2, 0.25) is 0 Å². The highest BCUT2D eigenvalue weighted by molar-refractivity contribution is 5.97. The number of aliphatic hydroxyl groups is 1. The lowest BCUT2D eigenvalue weighted by Crippen LogP contribution is -2.56. The first-order valence-electron chi connectivity index (χ1n) is 11.0. The molecule has 1 aliphatic heterocycles. The van der Waals surface area contributed by atoms with Crippen molar-refractivity contribution in [3.05, 3.63) is 59.7 Å². The molecule has 2 aromatic carbocycles. The van der Waals surface area contributed by atoms with Gasteiger partial charge in [0.1, 0.15) is 5.75 Å². The minimum absolute atomic E-state index is 0.0474. The molecule has 2 amide bonds. The Bertz CT molecular complexity index is 975. The van der Waals surface area contributed by atoms with Crippen molar-refractivity contribution >= 4 is 17.5 Å². The van der Waals surface area contributed by atoms with Crippen molar-refractivity contribution in [3.8, 4) is 5.75 Å². The summed E-state index contributed by atoms with van der Waals surface area (Å²) >= 11 is 0. The van der Waals surface area contributed by atoms with E-state index >= 15 is 0 Å². The van der Waals surface area contributed by atoms with Crippen LogP contribution in [0.3, 0.4) is 0 Å². The summed E-state index contributed by atoms with van der Waals surface area (Å²) in [5.74, 6) is 0.401. The maximum atomic E-state index is 13.7. The van der Waals surface area contributed by atoms with Crippen LogP contribution < -0.4 is 10.1 Å². The Labute approximate surface area is 183 Å². The lowest BCUT2D eigenvalue weighted by molar-refractivity contribution is -0.115. The third-order valence-electron chi connectivity index (χ3n) is 6.72. The molecule has 164 valence electrons. The predicted octanol–water partition coefficient (Wildman–Crippen LogP) is 4.16. The summed E-state index contributed by atoms with van der Waals surface area (Å²) in [6.07, 6.45) is 4.26. The van der Waals surface area contributed by atoms with Gasteiger partial charge < -0.3 is 20.1 Å².